The average Bonchev–Trinajstić information content (AvgIpc) is 2.77. The smallest absolute Gasteiger partial charge is 0.411 e. The molecular formula is C17H32N2O5. The number of β-amino-alcohol motifs (C(OH)–C–C–N with tert-alkyl or cyclic N) is 1. The fourth-order valence-corrected chi connectivity index (χ4v) is 2.53. The molecule has 24 heavy (non-hydrogen) atoms. The third kappa shape index (κ3) is 5.94. The maximum absolute atomic E-state index is 12.7. The molecule has 1 saturated heterocycles. The van der Waals surface area contributed by atoms with Gasteiger partial charge in [0.15, 0.2) is 0 Å². The lowest BCUT2D eigenvalue weighted by molar-refractivity contribution is -0.127. The number of nitrogens with zero attached hydrogens (tertiary/aromatic N) is 1. The fraction of sp³-hybridized carbons (Fsp3) is 0.882. The number of hydrogen-bond acceptors (Lipinski definition) is 5. The Bertz CT molecular complexity index is 453. The largest absolute Gasteiger partial charge is 0.444 e. The number of aliphatic hydroxyl groups is 1. The van der Waals surface area contributed by atoms with Gasteiger partial charge in [0.2, 0.25) is 5.91 Å². The lowest BCUT2D eigenvalue weighted by atomic mass is 9.87. The molecule has 2 amide bonds. The van der Waals surface area contributed by atoms with Gasteiger partial charge in [-0.25, -0.2) is 4.79 Å². The van der Waals surface area contributed by atoms with Gasteiger partial charge >= 0.3 is 6.09 Å². The maximum atomic E-state index is 12.7. The van der Waals surface area contributed by atoms with Crippen molar-refractivity contribution in [1.82, 2.24) is 10.2 Å². The first-order valence-corrected chi connectivity index (χ1v) is 8.32. The van der Waals surface area contributed by atoms with Gasteiger partial charge in [0.25, 0.3) is 0 Å². The second kappa shape index (κ2) is 7.70. The normalized spacial score (nSPS) is 23.1. The molecule has 3 atom stereocenters. The lowest BCUT2D eigenvalue weighted by Crippen LogP contribution is -2.54. The molecule has 0 spiro atoms. The Hall–Kier alpha value is -1.34. The molecule has 2 N–H and O–H groups in total. The maximum Gasteiger partial charge on any atom is 0.411 e. The van der Waals surface area contributed by atoms with E-state index in [0.29, 0.717) is 6.61 Å². The monoisotopic (exact) mass is 344 g/mol. The van der Waals surface area contributed by atoms with Crippen LogP contribution in [0.5, 0.6) is 0 Å². The Labute approximate surface area is 144 Å². The van der Waals surface area contributed by atoms with E-state index in [1.807, 2.05) is 20.8 Å². The zero-order valence-corrected chi connectivity index (χ0v) is 15.9. The third-order valence-electron chi connectivity index (χ3n) is 3.90. The molecule has 7 nitrogen and oxygen atoms in total. The number of rotatable bonds is 4. The summed E-state index contributed by atoms with van der Waals surface area (Å²) in [4.78, 5) is 26.3. The summed E-state index contributed by atoms with van der Waals surface area (Å²) in [5.74, 6) is -0.297. The van der Waals surface area contributed by atoms with Crippen LogP contribution in [0.4, 0.5) is 4.79 Å². The van der Waals surface area contributed by atoms with Crippen LogP contribution in [0.3, 0.4) is 0 Å². The van der Waals surface area contributed by atoms with Crippen molar-refractivity contribution in [1.29, 1.82) is 0 Å². The first-order valence-electron chi connectivity index (χ1n) is 8.32. The molecule has 0 aromatic heterocycles. The van der Waals surface area contributed by atoms with E-state index in [0.717, 1.165) is 0 Å². The van der Waals surface area contributed by atoms with Crippen molar-refractivity contribution < 1.29 is 24.2 Å². The van der Waals surface area contributed by atoms with Crippen LogP contribution in [-0.4, -0.2) is 66.1 Å². The van der Waals surface area contributed by atoms with E-state index in [1.165, 1.54) is 4.90 Å². The topological polar surface area (TPSA) is 88.1 Å². The Balaban J connectivity index is 2.84. The Morgan fingerprint density at radius 1 is 1.25 bits per heavy atom. The standard InChI is InChI=1S/C17H32N2O5/c1-16(2,3)13(10-23-7)18-14(21)12-8-11(20)9-19(12)15(22)24-17(4,5)6/h11-13,20H,8-10H2,1-7H3,(H,18,21)/t11-,12+,13-/m1/s1. The van der Waals surface area contributed by atoms with Crippen molar-refractivity contribution in [3.63, 3.8) is 0 Å². The molecule has 1 fully saturated rings. The molecule has 0 saturated carbocycles. The van der Waals surface area contributed by atoms with Crippen LogP contribution in [-0.2, 0) is 14.3 Å². The van der Waals surface area contributed by atoms with E-state index in [1.54, 1.807) is 27.9 Å². The molecule has 1 rings (SSSR count). The summed E-state index contributed by atoms with van der Waals surface area (Å²) >= 11 is 0. The van der Waals surface area contributed by atoms with Gasteiger partial charge in [0.05, 0.1) is 25.3 Å². The summed E-state index contributed by atoms with van der Waals surface area (Å²) in [7, 11) is 1.58. The van der Waals surface area contributed by atoms with Crippen LogP contribution >= 0.6 is 0 Å². The SMILES string of the molecule is COC[C@@H](NC(=O)[C@@H]1C[C@@H](O)CN1C(=O)OC(C)(C)C)C(C)(C)C. The molecule has 140 valence electrons. The van der Waals surface area contributed by atoms with Crippen LogP contribution < -0.4 is 5.32 Å². The fourth-order valence-electron chi connectivity index (χ4n) is 2.53. The molecule has 0 aromatic rings. The van der Waals surface area contributed by atoms with Crippen molar-refractivity contribution in [2.75, 3.05) is 20.3 Å². The second-order valence-electron chi connectivity index (χ2n) is 8.42. The van der Waals surface area contributed by atoms with E-state index in [9.17, 15) is 14.7 Å². The number of nitrogens with one attached hydrogen (secondary N) is 1. The minimum absolute atomic E-state index is 0.0947. The van der Waals surface area contributed by atoms with Gasteiger partial charge in [-0.2, -0.15) is 0 Å². The molecule has 1 aliphatic heterocycles. The Morgan fingerprint density at radius 2 is 1.83 bits per heavy atom. The summed E-state index contributed by atoms with van der Waals surface area (Å²) in [6.45, 7) is 11.8. The van der Waals surface area contributed by atoms with Gasteiger partial charge in [-0.15, -0.1) is 0 Å². The number of hydrogen-bond donors (Lipinski definition) is 2. The number of methoxy groups -OCH3 is 1. The van der Waals surface area contributed by atoms with Gasteiger partial charge in [-0.1, -0.05) is 20.8 Å². The summed E-state index contributed by atoms with van der Waals surface area (Å²) in [6, 6.07) is -0.940. The van der Waals surface area contributed by atoms with Crippen LogP contribution in [0.1, 0.15) is 48.0 Å². The van der Waals surface area contributed by atoms with Crippen molar-refractivity contribution in [2.24, 2.45) is 5.41 Å². The first kappa shape index (κ1) is 20.7. The Morgan fingerprint density at radius 3 is 2.29 bits per heavy atom. The zero-order chi connectivity index (χ0) is 18.7. The van der Waals surface area contributed by atoms with Crippen molar-refractivity contribution in [3.8, 4) is 0 Å². The molecule has 0 unspecified atom stereocenters. The van der Waals surface area contributed by atoms with Crippen LogP contribution in [0, 0.1) is 5.41 Å². The molecule has 0 aliphatic carbocycles. The lowest BCUT2D eigenvalue weighted by Gasteiger charge is -2.33. The zero-order valence-electron chi connectivity index (χ0n) is 15.9. The van der Waals surface area contributed by atoms with Crippen LogP contribution in [0.2, 0.25) is 0 Å². The Kier molecular flexibility index (Phi) is 6.64. The van der Waals surface area contributed by atoms with E-state index in [4.69, 9.17) is 9.47 Å². The third-order valence-corrected chi connectivity index (χ3v) is 3.90. The van der Waals surface area contributed by atoms with E-state index >= 15 is 0 Å². The molecule has 0 radical (unpaired) electrons. The summed E-state index contributed by atoms with van der Waals surface area (Å²) in [6.07, 6.45) is -1.11. The number of aliphatic hydroxyl groups excluding tert-OH is 1. The van der Waals surface area contributed by atoms with Crippen molar-refractivity contribution in [3.05, 3.63) is 0 Å². The van der Waals surface area contributed by atoms with Crippen LogP contribution in [0.15, 0.2) is 0 Å². The number of carbonyl (C=O) groups excluding carboxylic acids is 2. The molecule has 7 heteroatoms. The van der Waals surface area contributed by atoms with Gasteiger partial charge in [0, 0.05) is 13.5 Å². The predicted octanol–water partition coefficient (Wildman–Crippen LogP) is 1.53. The van der Waals surface area contributed by atoms with E-state index < -0.39 is 23.8 Å². The van der Waals surface area contributed by atoms with Gasteiger partial charge in [-0.05, 0) is 26.2 Å². The van der Waals surface area contributed by atoms with E-state index in [-0.39, 0.29) is 30.3 Å². The van der Waals surface area contributed by atoms with Gasteiger partial charge in [0.1, 0.15) is 11.6 Å². The van der Waals surface area contributed by atoms with Crippen LogP contribution in [0.25, 0.3) is 0 Å². The number of ether oxygens (including phenoxy) is 2. The molecular weight excluding hydrogens is 312 g/mol. The van der Waals surface area contributed by atoms with E-state index in [2.05, 4.69) is 5.32 Å². The first-order chi connectivity index (χ1) is 10.8. The predicted molar refractivity (Wildman–Crippen MR) is 90.6 cm³/mol. The summed E-state index contributed by atoms with van der Waals surface area (Å²) in [5.41, 5.74) is -0.852. The summed E-state index contributed by atoms with van der Waals surface area (Å²) < 4.78 is 10.5. The van der Waals surface area contributed by atoms with Crippen molar-refractivity contribution >= 4 is 12.0 Å². The number of amides is 2. The number of likely N-dealkylation sites (tertiary alicyclic amines) is 1. The average molecular weight is 344 g/mol. The number of carbonyl (C=O) groups is 2. The highest BCUT2D eigenvalue weighted by atomic mass is 16.6. The highest BCUT2D eigenvalue weighted by Gasteiger charge is 2.42. The van der Waals surface area contributed by atoms with Gasteiger partial charge in [-0.3, -0.25) is 9.69 Å². The molecule has 1 aliphatic rings. The molecule has 0 bridgehead atoms. The minimum Gasteiger partial charge on any atom is -0.444 e. The highest BCUT2D eigenvalue weighted by Crippen LogP contribution is 2.24. The molecule has 1 heterocycles. The van der Waals surface area contributed by atoms with Gasteiger partial charge < -0.3 is 19.9 Å². The summed E-state index contributed by atoms with van der Waals surface area (Å²) in [5, 5.41) is 12.9. The highest BCUT2D eigenvalue weighted by molar-refractivity contribution is 5.86. The minimum atomic E-state index is -0.739. The second-order valence-corrected chi connectivity index (χ2v) is 8.42. The van der Waals surface area contributed by atoms with Crippen molar-refractivity contribution in [2.45, 2.75) is 71.8 Å². The quantitative estimate of drug-likeness (QED) is 0.807. The molecule has 0 aromatic carbocycles.